The molecule has 5 nitrogen and oxygen atoms in total. The topological polar surface area (TPSA) is 63.6 Å². The van der Waals surface area contributed by atoms with E-state index in [1.165, 1.54) is 22.9 Å². The van der Waals surface area contributed by atoms with E-state index in [0.717, 1.165) is 27.4 Å². The smallest absolute Gasteiger partial charge is 0.271 e. The third-order valence-electron chi connectivity index (χ3n) is 4.34. The van der Waals surface area contributed by atoms with Crippen LogP contribution in [0.1, 0.15) is 26.6 Å². The fraction of sp³-hybridized carbons (Fsp3) is 0.0870. The molecule has 6 heteroatoms. The van der Waals surface area contributed by atoms with Gasteiger partial charge < -0.3 is 4.74 Å². The lowest BCUT2D eigenvalue weighted by Gasteiger charge is -2.08. The summed E-state index contributed by atoms with van der Waals surface area (Å²) < 4.78 is 5.89. The van der Waals surface area contributed by atoms with Gasteiger partial charge in [0.1, 0.15) is 12.4 Å². The number of fused-ring (bicyclic) bond motifs is 1. The predicted octanol–water partition coefficient (Wildman–Crippen LogP) is 4.95. The molecule has 0 saturated carbocycles. The Hall–Kier alpha value is -3.51. The van der Waals surface area contributed by atoms with E-state index in [1.54, 1.807) is 12.1 Å². The summed E-state index contributed by atoms with van der Waals surface area (Å²) in [6.07, 6.45) is 1.53. The molecule has 144 valence electrons. The van der Waals surface area contributed by atoms with Crippen molar-refractivity contribution in [2.24, 2.45) is 5.10 Å². The molecule has 29 heavy (non-hydrogen) atoms. The highest BCUT2D eigenvalue weighted by Gasteiger charge is 2.05. The first-order chi connectivity index (χ1) is 14.2. The van der Waals surface area contributed by atoms with Crippen LogP contribution >= 0.6 is 11.3 Å². The van der Waals surface area contributed by atoms with Crippen molar-refractivity contribution in [3.05, 3.63) is 93.9 Å². The Balaban J connectivity index is 1.33. The third kappa shape index (κ3) is 4.86. The summed E-state index contributed by atoms with van der Waals surface area (Å²) >= 11 is 1.54. The van der Waals surface area contributed by atoms with Crippen molar-refractivity contribution in [1.82, 2.24) is 10.4 Å². The van der Waals surface area contributed by atoms with Crippen molar-refractivity contribution in [1.29, 1.82) is 0 Å². The first-order valence-electron chi connectivity index (χ1n) is 9.13. The monoisotopic (exact) mass is 401 g/mol. The second-order valence-electron chi connectivity index (χ2n) is 6.49. The molecule has 0 spiro atoms. The van der Waals surface area contributed by atoms with E-state index in [0.29, 0.717) is 12.2 Å². The van der Waals surface area contributed by atoms with Crippen LogP contribution in [0.3, 0.4) is 0 Å². The van der Waals surface area contributed by atoms with Gasteiger partial charge in [-0.1, -0.05) is 42.5 Å². The van der Waals surface area contributed by atoms with E-state index < -0.39 is 0 Å². The van der Waals surface area contributed by atoms with Gasteiger partial charge in [-0.15, -0.1) is 11.3 Å². The number of nitrogens with zero attached hydrogens (tertiary/aromatic N) is 2. The highest BCUT2D eigenvalue weighted by atomic mass is 32.1. The average molecular weight is 401 g/mol. The fourth-order valence-corrected chi connectivity index (χ4v) is 3.40. The number of hydrogen-bond acceptors (Lipinski definition) is 5. The normalized spacial score (nSPS) is 11.1. The molecule has 3 aromatic carbocycles. The van der Waals surface area contributed by atoms with Gasteiger partial charge in [-0.2, -0.15) is 5.10 Å². The second kappa shape index (κ2) is 8.67. The van der Waals surface area contributed by atoms with Crippen LogP contribution < -0.4 is 10.2 Å². The molecule has 0 aliphatic rings. The maximum absolute atomic E-state index is 12.2. The zero-order valence-corrected chi connectivity index (χ0v) is 16.6. The van der Waals surface area contributed by atoms with Crippen LogP contribution in [-0.2, 0) is 6.61 Å². The molecular weight excluding hydrogens is 382 g/mol. The zero-order valence-electron chi connectivity index (χ0n) is 15.8. The molecule has 1 amide bonds. The number of hydrogen-bond donors (Lipinski definition) is 1. The van der Waals surface area contributed by atoms with Gasteiger partial charge in [0, 0.05) is 10.9 Å². The van der Waals surface area contributed by atoms with Crippen LogP contribution in [0.5, 0.6) is 5.75 Å². The Bertz CT molecular complexity index is 1170. The molecule has 0 aliphatic carbocycles. The van der Waals surface area contributed by atoms with E-state index in [1.807, 2.05) is 54.8 Å². The van der Waals surface area contributed by atoms with Crippen LogP contribution in [0, 0.1) is 6.92 Å². The van der Waals surface area contributed by atoms with E-state index in [4.69, 9.17) is 4.74 Å². The number of thiazole rings is 1. The first-order valence-corrected chi connectivity index (χ1v) is 10.0. The molecule has 0 bridgehead atoms. The van der Waals surface area contributed by atoms with Crippen LogP contribution in [0.4, 0.5) is 0 Å². The number of nitrogens with one attached hydrogen (secondary N) is 1. The number of aryl methyl sites for hydroxylation is 1. The lowest BCUT2D eigenvalue weighted by molar-refractivity contribution is 0.0955. The lowest BCUT2D eigenvalue weighted by atomic mass is 10.1. The van der Waals surface area contributed by atoms with Gasteiger partial charge in [0.2, 0.25) is 0 Å². The fourth-order valence-electron chi connectivity index (χ4n) is 2.84. The molecule has 0 atom stereocenters. The number of carbonyl (C=O) groups is 1. The highest BCUT2D eigenvalue weighted by molar-refractivity contribution is 7.09. The molecular formula is C23H19N3O2S. The SMILES string of the molecule is Cc1nc(/C=N/NC(=O)c2ccc(COc3ccc4ccccc4c3)cc2)cs1. The molecule has 1 heterocycles. The summed E-state index contributed by atoms with van der Waals surface area (Å²) in [5, 5.41) is 9.12. The van der Waals surface area contributed by atoms with Crippen molar-refractivity contribution in [3.63, 3.8) is 0 Å². The molecule has 1 aromatic heterocycles. The first kappa shape index (κ1) is 18.8. The van der Waals surface area contributed by atoms with E-state index in [-0.39, 0.29) is 5.91 Å². The van der Waals surface area contributed by atoms with E-state index in [2.05, 4.69) is 27.6 Å². The highest BCUT2D eigenvalue weighted by Crippen LogP contribution is 2.21. The van der Waals surface area contributed by atoms with Gasteiger partial charge in [0.15, 0.2) is 0 Å². The summed E-state index contributed by atoms with van der Waals surface area (Å²) in [7, 11) is 0. The number of benzene rings is 3. The van der Waals surface area contributed by atoms with Crippen LogP contribution in [0.25, 0.3) is 10.8 Å². The number of rotatable bonds is 6. The summed E-state index contributed by atoms with van der Waals surface area (Å²) in [4.78, 5) is 16.4. The van der Waals surface area contributed by atoms with Crippen LogP contribution in [0.2, 0.25) is 0 Å². The molecule has 0 aliphatic heterocycles. The Morgan fingerprint density at radius 2 is 1.90 bits per heavy atom. The molecule has 4 aromatic rings. The number of aromatic nitrogens is 1. The number of amides is 1. The maximum atomic E-state index is 12.2. The van der Waals surface area contributed by atoms with Gasteiger partial charge in [-0.3, -0.25) is 4.79 Å². The van der Waals surface area contributed by atoms with Gasteiger partial charge in [-0.05, 0) is 47.5 Å². The summed E-state index contributed by atoms with van der Waals surface area (Å²) in [6, 6.07) is 21.5. The lowest BCUT2D eigenvalue weighted by Crippen LogP contribution is -2.17. The van der Waals surface area contributed by atoms with Crippen molar-refractivity contribution < 1.29 is 9.53 Å². The van der Waals surface area contributed by atoms with Gasteiger partial charge in [-0.25, -0.2) is 10.4 Å². The minimum absolute atomic E-state index is 0.268. The molecule has 0 unspecified atom stereocenters. The molecule has 1 N–H and O–H groups in total. The van der Waals surface area contributed by atoms with Crippen molar-refractivity contribution >= 4 is 34.2 Å². The average Bonchev–Trinajstić information content (AvgIpc) is 3.17. The Labute approximate surface area is 172 Å². The summed E-state index contributed by atoms with van der Waals surface area (Å²) in [6.45, 7) is 2.35. The molecule has 0 fully saturated rings. The molecule has 0 saturated heterocycles. The predicted molar refractivity (Wildman–Crippen MR) is 117 cm³/mol. The Morgan fingerprint density at radius 1 is 1.10 bits per heavy atom. The summed E-state index contributed by atoms with van der Waals surface area (Å²) in [5.74, 6) is 0.548. The minimum Gasteiger partial charge on any atom is -0.489 e. The van der Waals surface area contributed by atoms with Crippen molar-refractivity contribution in [3.8, 4) is 5.75 Å². The van der Waals surface area contributed by atoms with Gasteiger partial charge in [0.25, 0.3) is 5.91 Å². The minimum atomic E-state index is -0.268. The largest absolute Gasteiger partial charge is 0.489 e. The van der Waals surface area contributed by atoms with Gasteiger partial charge in [0.05, 0.1) is 16.9 Å². The standard InChI is InChI=1S/C23H19N3O2S/c1-16-25-21(15-29-16)13-24-26-23(27)19-8-6-17(7-9-19)14-28-22-11-10-18-4-2-3-5-20(18)12-22/h2-13,15H,14H2,1H3,(H,26,27)/b24-13+. The number of hydrazone groups is 1. The van der Waals surface area contributed by atoms with Crippen molar-refractivity contribution in [2.45, 2.75) is 13.5 Å². The molecule has 0 radical (unpaired) electrons. The van der Waals surface area contributed by atoms with Crippen LogP contribution in [0.15, 0.2) is 77.2 Å². The summed E-state index contributed by atoms with van der Waals surface area (Å²) in [5.41, 5.74) is 4.76. The van der Waals surface area contributed by atoms with Crippen LogP contribution in [-0.4, -0.2) is 17.1 Å². The van der Waals surface area contributed by atoms with E-state index >= 15 is 0 Å². The van der Waals surface area contributed by atoms with Gasteiger partial charge >= 0.3 is 0 Å². The van der Waals surface area contributed by atoms with Crippen molar-refractivity contribution in [2.75, 3.05) is 0 Å². The molecule has 4 rings (SSSR count). The number of carbonyl (C=O) groups excluding carboxylic acids is 1. The Morgan fingerprint density at radius 3 is 2.66 bits per heavy atom. The maximum Gasteiger partial charge on any atom is 0.271 e. The quantitative estimate of drug-likeness (QED) is 0.367. The van der Waals surface area contributed by atoms with E-state index in [9.17, 15) is 4.79 Å². The third-order valence-corrected chi connectivity index (χ3v) is 5.13. The second-order valence-corrected chi connectivity index (χ2v) is 7.55. The Kier molecular flexibility index (Phi) is 5.63. The number of ether oxygens (including phenoxy) is 1. The zero-order chi connectivity index (χ0) is 20.1.